The minimum atomic E-state index is -4.61. The minimum Gasteiger partial charge on any atom is -0.309 e. The highest BCUT2D eigenvalue weighted by Gasteiger charge is 2.33. The number of benzene rings is 2. The van der Waals surface area contributed by atoms with Gasteiger partial charge in [0.05, 0.1) is 5.69 Å². The van der Waals surface area contributed by atoms with Crippen LogP contribution in [0.1, 0.15) is 22.4 Å². The second-order valence-corrected chi connectivity index (χ2v) is 6.51. The van der Waals surface area contributed by atoms with Gasteiger partial charge in [0.1, 0.15) is 11.6 Å². The Morgan fingerprint density at radius 1 is 0.828 bits per heavy atom. The number of alkyl halides is 3. The number of nitrogens with zero attached hydrogens (tertiary/aromatic N) is 2. The molecule has 0 spiro atoms. The Morgan fingerprint density at radius 2 is 1.55 bits per heavy atom. The van der Waals surface area contributed by atoms with Crippen molar-refractivity contribution in [2.75, 3.05) is 6.54 Å². The lowest BCUT2D eigenvalue weighted by atomic mass is 9.92. The van der Waals surface area contributed by atoms with Crippen LogP contribution in [0.3, 0.4) is 0 Å². The van der Waals surface area contributed by atoms with Crippen molar-refractivity contribution in [1.82, 2.24) is 15.5 Å². The lowest BCUT2D eigenvalue weighted by Gasteiger charge is -2.15. The molecular formula is C21H14F5N3. The monoisotopic (exact) mass is 403 g/mol. The first-order valence-electron chi connectivity index (χ1n) is 8.74. The molecule has 2 aromatic carbocycles. The number of hydrogen-bond acceptors (Lipinski definition) is 3. The number of hydrogen-bond donors (Lipinski definition) is 1. The fraction of sp³-hybridized carbons (Fsp3) is 0.143. The quantitative estimate of drug-likeness (QED) is 0.614. The molecule has 0 radical (unpaired) electrons. The lowest BCUT2D eigenvalue weighted by molar-refractivity contribution is -0.141. The van der Waals surface area contributed by atoms with E-state index in [4.69, 9.17) is 0 Å². The Balaban J connectivity index is 1.77. The molecule has 0 saturated carbocycles. The van der Waals surface area contributed by atoms with E-state index in [9.17, 15) is 17.6 Å². The molecule has 1 aliphatic heterocycles. The van der Waals surface area contributed by atoms with Gasteiger partial charge in [0.2, 0.25) is 0 Å². The van der Waals surface area contributed by atoms with Crippen LogP contribution < -0.4 is 5.32 Å². The fourth-order valence-electron chi connectivity index (χ4n) is 3.26. The molecule has 0 saturated heterocycles. The van der Waals surface area contributed by atoms with Crippen molar-refractivity contribution >= 4 is 5.57 Å². The summed E-state index contributed by atoms with van der Waals surface area (Å²) in [6.07, 6.45) is -2.73. The Kier molecular flexibility index (Phi) is 4.87. The molecule has 0 unspecified atom stereocenters. The number of fused-ring (bicyclic) bond motifs is 1. The first-order valence-corrected chi connectivity index (χ1v) is 8.74. The molecule has 1 aromatic heterocycles. The van der Waals surface area contributed by atoms with E-state index >= 15 is 4.39 Å². The minimum absolute atomic E-state index is 0.00913. The van der Waals surface area contributed by atoms with Gasteiger partial charge in [-0.25, -0.2) is 8.78 Å². The molecule has 3 nitrogen and oxygen atoms in total. The zero-order chi connectivity index (χ0) is 20.6. The largest absolute Gasteiger partial charge is 0.435 e. The van der Waals surface area contributed by atoms with Crippen LogP contribution in [-0.2, 0) is 12.7 Å². The summed E-state index contributed by atoms with van der Waals surface area (Å²) < 4.78 is 66.6. The Bertz CT molecular complexity index is 1070. The van der Waals surface area contributed by atoms with Crippen molar-refractivity contribution in [1.29, 1.82) is 0 Å². The number of nitrogens with one attached hydrogen (secondary N) is 1. The third-order valence-corrected chi connectivity index (χ3v) is 4.67. The zero-order valence-corrected chi connectivity index (χ0v) is 14.9. The maximum atomic E-state index is 15.3. The van der Waals surface area contributed by atoms with E-state index in [2.05, 4.69) is 15.5 Å². The van der Waals surface area contributed by atoms with Crippen LogP contribution in [-0.4, -0.2) is 16.7 Å². The average Bonchev–Trinajstić information content (AvgIpc) is 2.92. The Labute approximate surface area is 162 Å². The topological polar surface area (TPSA) is 37.8 Å². The van der Waals surface area contributed by atoms with Crippen molar-refractivity contribution in [3.05, 3.63) is 88.6 Å². The van der Waals surface area contributed by atoms with Crippen LogP contribution in [0.4, 0.5) is 22.0 Å². The Morgan fingerprint density at radius 3 is 2.21 bits per heavy atom. The molecule has 4 rings (SSSR count). The zero-order valence-electron chi connectivity index (χ0n) is 14.9. The van der Waals surface area contributed by atoms with Crippen LogP contribution in [0, 0.1) is 11.6 Å². The van der Waals surface area contributed by atoms with Crippen molar-refractivity contribution in [2.45, 2.75) is 12.7 Å². The summed E-state index contributed by atoms with van der Waals surface area (Å²) in [5.74, 6) is -0.956. The summed E-state index contributed by atoms with van der Waals surface area (Å²) in [4.78, 5) is 0. The molecule has 1 aliphatic rings. The van der Waals surface area contributed by atoms with Gasteiger partial charge in [-0.2, -0.15) is 13.2 Å². The molecule has 3 aromatic rings. The van der Waals surface area contributed by atoms with E-state index in [1.165, 1.54) is 18.2 Å². The third-order valence-electron chi connectivity index (χ3n) is 4.67. The Hall–Kier alpha value is -3.13. The fourth-order valence-corrected chi connectivity index (χ4v) is 3.26. The lowest BCUT2D eigenvalue weighted by Crippen LogP contribution is -2.13. The second kappa shape index (κ2) is 7.36. The van der Waals surface area contributed by atoms with Gasteiger partial charge >= 0.3 is 6.18 Å². The van der Waals surface area contributed by atoms with E-state index in [1.54, 1.807) is 18.2 Å². The predicted octanol–water partition coefficient (Wildman–Crippen LogP) is 4.98. The van der Waals surface area contributed by atoms with Crippen molar-refractivity contribution < 1.29 is 22.0 Å². The highest BCUT2D eigenvalue weighted by atomic mass is 19.4. The highest BCUT2D eigenvalue weighted by Crippen LogP contribution is 2.34. The van der Waals surface area contributed by atoms with Gasteiger partial charge in [-0.15, -0.1) is 10.2 Å². The summed E-state index contributed by atoms with van der Waals surface area (Å²) in [6, 6.07) is 10.9. The summed E-state index contributed by atoms with van der Waals surface area (Å²) in [6.45, 7) is 0.709. The van der Waals surface area contributed by atoms with E-state index in [0.29, 0.717) is 17.7 Å². The predicted molar refractivity (Wildman–Crippen MR) is 97.6 cm³/mol. The average molecular weight is 403 g/mol. The van der Waals surface area contributed by atoms with E-state index in [0.717, 1.165) is 23.3 Å². The highest BCUT2D eigenvalue weighted by molar-refractivity contribution is 5.83. The maximum Gasteiger partial charge on any atom is 0.435 e. The summed E-state index contributed by atoms with van der Waals surface area (Å²) in [7, 11) is 0. The van der Waals surface area contributed by atoms with Gasteiger partial charge in [0.15, 0.2) is 5.69 Å². The van der Waals surface area contributed by atoms with Crippen molar-refractivity contribution in [2.24, 2.45) is 0 Å². The number of halogens is 5. The number of aromatic nitrogens is 2. The van der Waals surface area contributed by atoms with E-state index in [-0.39, 0.29) is 23.6 Å². The van der Waals surface area contributed by atoms with Crippen LogP contribution in [0.2, 0.25) is 0 Å². The second-order valence-electron chi connectivity index (χ2n) is 6.51. The molecule has 8 heteroatoms. The van der Waals surface area contributed by atoms with Crippen LogP contribution in [0.25, 0.3) is 16.8 Å². The van der Waals surface area contributed by atoms with E-state index < -0.39 is 17.7 Å². The molecule has 1 N–H and O–H groups in total. The first-order chi connectivity index (χ1) is 13.8. The van der Waals surface area contributed by atoms with Crippen LogP contribution in [0.15, 0.2) is 54.6 Å². The first kappa shape index (κ1) is 19.2. The van der Waals surface area contributed by atoms with Gasteiger partial charge in [-0.05, 0) is 47.0 Å². The van der Waals surface area contributed by atoms with Gasteiger partial charge in [0.25, 0.3) is 0 Å². The molecule has 29 heavy (non-hydrogen) atoms. The maximum absolute atomic E-state index is 15.3. The van der Waals surface area contributed by atoms with Gasteiger partial charge < -0.3 is 5.32 Å². The summed E-state index contributed by atoms with van der Waals surface area (Å²) in [5.41, 5.74) is 1.40. The molecular weight excluding hydrogens is 389 g/mol. The molecule has 148 valence electrons. The molecule has 0 atom stereocenters. The number of rotatable bonds is 2. The smallest absolute Gasteiger partial charge is 0.309 e. The van der Waals surface area contributed by atoms with Crippen LogP contribution in [0.5, 0.6) is 0 Å². The summed E-state index contributed by atoms with van der Waals surface area (Å²) >= 11 is 0. The molecule has 0 amide bonds. The molecule has 0 fully saturated rings. The van der Waals surface area contributed by atoms with Crippen molar-refractivity contribution in [3.8, 4) is 11.3 Å². The standard InChI is InChI=1S/C21H14F5N3/c22-13-3-1-12(2-4-13)14-9-10-27-11-17-15(14)5-6-16(20(17)23)18-7-8-19(29-28-18)21(24,25)26/h1-9,27H,10-11H2. The summed E-state index contributed by atoms with van der Waals surface area (Å²) in [5, 5.41) is 9.80. The third kappa shape index (κ3) is 3.75. The van der Waals surface area contributed by atoms with Gasteiger partial charge in [0, 0.05) is 24.2 Å². The molecule has 0 bridgehead atoms. The van der Waals surface area contributed by atoms with Crippen molar-refractivity contribution in [3.63, 3.8) is 0 Å². The molecule has 0 aliphatic carbocycles. The van der Waals surface area contributed by atoms with Gasteiger partial charge in [-0.3, -0.25) is 0 Å². The normalized spacial score (nSPS) is 14.2. The van der Waals surface area contributed by atoms with E-state index in [1.807, 2.05) is 6.08 Å². The molecule has 2 heterocycles. The van der Waals surface area contributed by atoms with Crippen LogP contribution >= 0.6 is 0 Å². The SMILES string of the molecule is Fc1ccc(C2=CCNCc3c2ccc(-c2ccc(C(F)(F)F)nn2)c3F)cc1. The van der Waals surface area contributed by atoms with Gasteiger partial charge in [-0.1, -0.05) is 24.3 Å².